The van der Waals surface area contributed by atoms with Gasteiger partial charge in [-0.05, 0) is 24.3 Å². The monoisotopic (exact) mass is 250 g/mol. The maximum Gasteiger partial charge on any atom is 0.125 e. The average Bonchev–Trinajstić information content (AvgIpc) is 2.86. The van der Waals surface area contributed by atoms with Crippen LogP contribution >= 0.6 is 0 Å². The molecule has 0 aliphatic rings. The van der Waals surface area contributed by atoms with E-state index >= 15 is 0 Å². The van der Waals surface area contributed by atoms with Crippen molar-refractivity contribution in [2.45, 2.75) is 19.4 Å². The Kier molecular flexibility index (Phi) is 3.67. The predicted molar refractivity (Wildman–Crippen MR) is 65.1 cm³/mol. The molecular weight excluding hydrogens is 235 g/mol. The first-order chi connectivity index (χ1) is 8.67. The van der Waals surface area contributed by atoms with Gasteiger partial charge in [0.05, 0.1) is 13.4 Å². The lowest BCUT2D eigenvalue weighted by atomic mass is 10.00. The molecule has 0 saturated heterocycles. The molecule has 18 heavy (non-hydrogen) atoms. The second-order valence-electron chi connectivity index (χ2n) is 3.94. The molecule has 0 spiro atoms. The minimum atomic E-state index is -0.954. The lowest BCUT2D eigenvalue weighted by molar-refractivity contribution is 0.211. The zero-order valence-corrected chi connectivity index (χ0v) is 10.3. The van der Waals surface area contributed by atoms with Crippen molar-refractivity contribution < 1.29 is 18.7 Å². The molecule has 0 amide bonds. The Morgan fingerprint density at radius 3 is 2.78 bits per heavy atom. The molecule has 96 valence electrons. The zero-order chi connectivity index (χ0) is 13.1. The maximum atomic E-state index is 13.3. The number of hydrogen-bond donors (Lipinski definition) is 1. The van der Waals surface area contributed by atoms with Gasteiger partial charge in [0.1, 0.15) is 23.4 Å². The molecule has 0 bridgehead atoms. The van der Waals surface area contributed by atoms with Crippen LogP contribution in [-0.4, -0.2) is 12.2 Å². The van der Waals surface area contributed by atoms with E-state index in [2.05, 4.69) is 0 Å². The van der Waals surface area contributed by atoms with Crippen molar-refractivity contribution in [2.24, 2.45) is 0 Å². The van der Waals surface area contributed by atoms with E-state index in [4.69, 9.17) is 9.15 Å². The van der Waals surface area contributed by atoms with Crippen molar-refractivity contribution in [1.82, 2.24) is 0 Å². The summed E-state index contributed by atoms with van der Waals surface area (Å²) in [5, 5.41) is 10.3. The highest BCUT2D eigenvalue weighted by Gasteiger charge is 2.20. The number of methoxy groups -OCH3 is 1. The number of furan rings is 1. The van der Waals surface area contributed by atoms with Crippen LogP contribution in [0.1, 0.15) is 29.9 Å². The highest BCUT2D eigenvalue weighted by molar-refractivity contribution is 5.41. The highest BCUT2D eigenvalue weighted by atomic mass is 19.1. The molecule has 0 saturated carbocycles. The van der Waals surface area contributed by atoms with E-state index < -0.39 is 11.9 Å². The summed E-state index contributed by atoms with van der Waals surface area (Å²) in [6, 6.07) is 5.76. The van der Waals surface area contributed by atoms with Gasteiger partial charge >= 0.3 is 0 Å². The topological polar surface area (TPSA) is 42.6 Å². The lowest BCUT2D eigenvalue weighted by Crippen LogP contribution is -2.04. The molecule has 2 aromatic rings. The van der Waals surface area contributed by atoms with Gasteiger partial charge in [-0.1, -0.05) is 6.92 Å². The number of ether oxygens (including phenoxy) is 1. The maximum absolute atomic E-state index is 13.3. The van der Waals surface area contributed by atoms with Crippen molar-refractivity contribution in [3.8, 4) is 5.75 Å². The van der Waals surface area contributed by atoms with Gasteiger partial charge < -0.3 is 14.3 Å². The summed E-state index contributed by atoms with van der Waals surface area (Å²) in [7, 11) is 1.49. The summed E-state index contributed by atoms with van der Waals surface area (Å²) < 4.78 is 23.7. The van der Waals surface area contributed by atoms with Crippen LogP contribution < -0.4 is 4.74 Å². The van der Waals surface area contributed by atoms with Crippen LogP contribution in [0, 0.1) is 5.82 Å². The minimum absolute atomic E-state index is 0.397. The van der Waals surface area contributed by atoms with Gasteiger partial charge in [-0.3, -0.25) is 0 Å². The molecule has 0 aliphatic carbocycles. The molecule has 1 unspecified atom stereocenters. The van der Waals surface area contributed by atoms with Crippen molar-refractivity contribution in [3.05, 3.63) is 53.2 Å². The number of hydrogen-bond acceptors (Lipinski definition) is 3. The largest absolute Gasteiger partial charge is 0.496 e. The van der Waals surface area contributed by atoms with Crippen LogP contribution in [0.2, 0.25) is 0 Å². The predicted octanol–water partition coefficient (Wildman–Crippen LogP) is 3.07. The van der Waals surface area contributed by atoms with E-state index in [1.807, 2.05) is 6.92 Å². The van der Waals surface area contributed by atoms with E-state index in [1.165, 1.54) is 31.6 Å². The van der Waals surface area contributed by atoms with E-state index in [0.29, 0.717) is 29.1 Å². The molecular formula is C14H15FO3. The van der Waals surface area contributed by atoms with Crippen molar-refractivity contribution in [2.75, 3.05) is 7.11 Å². The van der Waals surface area contributed by atoms with Gasteiger partial charge in [0.2, 0.25) is 0 Å². The van der Waals surface area contributed by atoms with E-state index in [9.17, 15) is 9.50 Å². The third-order valence-corrected chi connectivity index (χ3v) is 2.88. The minimum Gasteiger partial charge on any atom is -0.496 e. The van der Waals surface area contributed by atoms with Gasteiger partial charge in [-0.15, -0.1) is 0 Å². The quantitative estimate of drug-likeness (QED) is 0.906. The third-order valence-electron chi connectivity index (χ3n) is 2.88. The first-order valence-electron chi connectivity index (χ1n) is 5.75. The van der Waals surface area contributed by atoms with Crippen LogP contribution in [-0.2, 0) is 6.42 Å². The van der Waals surface area contributed by atoms with Crippen molar-refractivity contribution >= 4 is 0 Å². The summed E-state index contributed by atoms with van der Waals surface area (Å²) in [5.74, 6) is 0.729. The standard InChI is InChI=1S/C14H15FO3/c1-3-12-10(6-7-18-12)14(16)11-8-9(15)4-5-13(11)17-2/h4-8,14,16H,3H2,1-2H3. The lowest BCUT2D eigenvalue weighted by Gasteiger charge is -2.14. The molecule has 1 aromatic carbocycles. The summed E-state index contributed by atoms with van der Waals surface area (Å²) in [6.07, 6.45) is 1.23. The zero-order valence-electron chi connectivity index (χ0n) is 10.3. The molecule has 4 heteroatoms. The van der Waals surface area contributed by atoms with Gasteiger partial charge in [-0.2, -0.15) is 0 Å². The van der Waals surface area contributed by atoms with Gasteiger partial charge in [-0.25, -0.2) is 4.39 Å². The molecule has 0 aliphatic heterocycles. The number of benzene rings is 1. The van der Waals surface area contributed by atoms with Crippen LogP contribution in [0.5, 0.6) is 5.75 Å². The van der Waals surface area contributed by atoms with Crippen LogP contribution in [0.4, 0.5) is 4.39 Å². The molecule has 2 rings (SSSR count). The normalized spacial score (nSPS) is 12.4. The van der Waals surface area contributed by atoms with E-state index in [1.54, 1.807) is 6.07 Å². The van der Waals surface area contributed by atoms with Crippen molar-refractivity contribution in [3.63, 3.8) is 0 Å². The first-order valence-corrected chi connectivity index (χ1v) is 5.75. The highest BCUT2D eigenvalue weighted by Crippen LogP contribution is 2.32. The van der Waals surface area contributed by atoms with Gasteiger partial charge in [0.25, 0.3) is 0 Å². The molecule has 0 fully saturated rings. The molecule has 1 atom stereocenters. The van der Waals surface area contributed by atoms with Crippen molar-refractivity contribution in [1.29, 1.82) is 0 Å². The fourth-order valence-electron chi connectivity index (χ4n) is 1.97. The summed E-state index contributed by atoms with van der Waals surface area (Å²) >= 11 is 0. The number of rotatable bonds is 4. The Bertz CT molecular complexity index is 534. The van der Waals surface area contributed by atoms with E-state index in [-0.39, 0.29) is 0 Å². The Balaban J connectivity index is 2.45. The van der Waals surface area contributed by atoms with Gasteiger partial charge in [0.15, 0.2) is 0 Å². The Morgan fingerprint density at radius 1 is 1.33 bits per heavy atom. The number of halogens is 1. The summed E-state index contributed by atoms with van der Waals surface area (Å²) in [4.78, 5) is 0. The molecule has 1 heterocycles. The van der Waals surface area contributed by atoms with E-state index in [0.717, 1.165) is 0 Å². The van der Waals surface area contributed by atoms with Crippen LogP contribution in [0.25, 0.3) is 0 Å². The average molecular weight is 250 g/mol. The molecule has 0 radical (unpaired) electrons. The number of aliphatic hydroxyl groups excluding tert-OH is 1. The van der Waals surface area contributed by atoms with Crippen LogP contribution in [0.3, 0.4) is 0 Å². The van der Waals surface area contributed by atoms with Gasteiger partial charge in [0, 0.05) is 17.5 Å². The fourth-order valence-corrected chi connectivity index (χ4v) is 1.97. The number of aryl methyl sites for hydroxylation is 1. The van der Waals surface area contributed by atoms with Crippen LogP contribution in [0.15, 0.2) is 34.9 Å². The molecule has 1 aromatic heterocycles. The Labute approximate surface area is 105 Å². The fraction of sp³-hybridized carbons (Fsp3) is 0.286. The Hall–Kier alpha value is -1.81. The molecule has 3 nitrogen and oxygen atoms in total. The smallest absolute Gasteiger partial charge is 0.125 e. The Morgan fingerprint density at radius 2 is 2.11 bits per heavy atom. The summed E-state index contributed by atoms with van der Waals surface area (Å²) in [6.45, 7) is 1.93. The second kappa shape index (κ2) is 5.23. The summed E-state index contributed by atoms with van der Waals surface area (Å²) in [5.41, 5.74) is 1.04. The molecule has 1 N–H and O–H groups in total. The second-order valence-corrected chi connectivity index (χ2v) is 3.94. The number of aliphatic hydroxyl groups is 1. The SMILES string of the molecule is CCc1occc1C(O)c1cc(F)ccc1OC. The third kappa shape index (κ3) is 2.24. The first kappa shape index (κ1) is 12.6.